The number of nitrogens with zero attached hydrogens (tertiary/aromatic N) is 1. The number of rotatable bonds is 2. The Balaban J connectivity index is 2.62. The molecule has 1 heterocycles. The van der Waals surface area contributed by atoms with Crippen LogP contribution in [-0.4, -0.2) is 0 Å². The molecular formula is C13H8BrIN2S. The van der Waals surface area contributed by atoms with Crippen LogP contribution >= 0.6 is 49.9 Å². The van der Waals surface area contributed by atoms with Crippen LogP contribution in [0.5, 0.6) is 0 Å². The molecule has 90 valence electrons. The standard InChI is InChI=1S/C13H8BrIN2S/c14-11-4-3-8(15)6-9(11)13(17)10(7-16)12-2-1-5-18-12/h1-6H,17H2/b13-10-. The number of thiophene rings is 1. The first kappa shape index (κ1) is 13.6. The van der Waals surface area contributed by atoms with Crippen LogP contribution in [0.2, 0.25) is 0 Å². The molecule has 0 aliphatic heterocycles. The van der Waals surface area contributed by atoms with Gasteiger partial charge in [-0.25, -0.2) is 0 Å². The average molecular weight is 431 g/mol. The summed E-state index contributed by atoms with van der Waals surface area (Å²) in [6.45, 7) is 0. The third-order valence-corrected chi connectivity index (χ3v) is 4.62. The summed E-state index contributed by atoms with van der Waals surface area (Å²) >= 11 is 7.20. The van der Waals surface area contributed by atoms with Crippen LogP contribution in [0.4, 0.5) is 0 Å². The summed E-state index contributed by atoms with van der Waals surface area (Å²) in [5.74, 6) is 0. The van der Waals surface area contributed by atoms with E-state index in [1.54, 1.807) is 0 Å². The molecular weight excluding hydrogens is 423 g/mol. The van der Waals surface area contributed by atoms with Crippen molar-refractivity contribution in [2.24, 2.45) is 5.73 Å². The number of nitrogens with two attached hydrogens (primary N) is 1. The van der Waals surface area contributed by atoms with E-state index < -0.39 is 0 Å². The van der Waals surface area contributed by atoms with Crippen LogP contribution in [-0.2, 0) is 0 Å². The van der Waals surface area contributed by atoms with E-state index >= 15 is 0 Å². The van der Waals surface area contributed by atoms with E-state index in [0.717, 1.165) is 18.5 Å². The van der Waals surface area contributed by atoms with E-state index in [4.69, 9.17) is 5.73 Å². The fourth-order valence-electron chi connectivity index (χ4n) is 1.51. The van der Waals surface area contributed by atoms with Crippen molar-refractivity contribution in [3.05, 3.63) is 54.2 Å². The highest BCUT2D eigenvalue weighted by atomic mass is 127. The highest BCUT2D eigenvalue weighted by molar-refractivity contribution is 14.1. The third kappa shape index (κ3) is 2.76. The van der Waals surface area contributed by atoms with Crippen molar-refractivity contribution in [3.63, 3.8) is 0 Å². The number of benzene rings is 1. The Morgan fingerprint density at radius 1 is 1.39 bits per heavy atom. The third-order valence-electron chi connectivity index (χ3n) is 2.37. The predicted octanol–water partition coefficient (Wildman–Crippen LogP) is 4.47. The lowest BCUT2D eigenvalue weighted by Gasteiger charge is -2.07. The van der Waals surface area contributed by atoms with E-state index in [-0.39, 0.29) is 0 Å². The molecule has 0 aliphatic rings. The fraction of sp³-hybridized carbons (Fsp3) is 0. The Hall–Kier alpha value is -0.840. The molecule has 0 spiro atoms. The Labute approximate surface area is 131 Å². The Kier molecular flexibility index (Phi) is 4.43. The summed E-state index contributed by atoms with van der Waals surface area (Å²) in [6.07, 6.45) is 0. The number of allylic oxidation sites excluding steroid dienone is 1. The molecule has 1 aromatic heterocycles. The molecule has 5 heteroatoms. The molecule has 0 aliphatic carbocycles. The monoisotopic (exact) mass is 430 g/mol. The van der Waals surface area contributed by atoms with Gasteiger partial charge in [-0.05, 0) is 52.2 Å². The second-order valence-corrected chi connectivity index (χ2v) is 6.55. The van der Waals surface area contributed by atoms with Crippen molar-refractivity contribution in [1.82, 2.24) is 0 Å². The minimum Gasteiger partial charge on any atom is -0.397 e. The summed E-state index contributed by atoms with van der Waals surface area (Å²) in [7, 11) is 0. The maximum Gasteiger partial charge on any atom is 0.103 e. The molecule has 0 atom stereocenters. The normalized spacial score (nSPS) is 11.8. The molecule has 18 heavy (non-hydrogen) atoms. The molecule has 0 radical (unpaired) electrons. The Bertz CT molecular complexity index is 642. The average Bonchev–Trinajstić information content (AvgIpc) is 2.87. The lowest BCUT2D eigenvalue weighted by atomic mass is 10.1. The highest BCUT2D eigenvalue weighted by Crippen LogP contribution is 2.30. The molecule has 2 rings (SSSR count). The summed E-state index contributed by atoms with van der Waals surface area (Å²) in [4.78, 5) is 0.890. The van der Waals surface area contributed by atoms with Crippen molar-refractivity contribution < 1.29 is 0 Å². The van der Waals surface area contributed by atoms with Gasteiger partial charge in [0.15, 0.2) is 0 Å². The maximum atomic E-state index is 9.29. The van der Waals surface area contributed by atoms with Gasteiger partial charge in [-0.3, -0.25) is 0 Å². The molecule has 0 amide bonds. The van der Waals surface area contributed by atoms with Gasteiger partial charge in [0.05, 0.1) is 11.3 Å². The Morgan fingerprint density at radius 3 is 2.78 bits per heavy atom. The molecule has 0 unspecified atom stereocenters. The zero-order valence-electron chi connectivity index (χ0n) is 9.15. The van der Waals surface area contributed by atoms with Crippen molar-refractivity contribution >= 4 is 61.1 Å². The van der Waals surface area contributed by atoms with E-state index in [9.17, 15) is 5.26 Å². The van der Waals surface area contributed by atoms with Crippen molar-refractivity contribution in [2.75, 3.05) is 0 Å². The van der Waals surface area contributed by atoms with Crippen molar-refractivity contribution in [3.8, 4) is 6.07 Å². The van der Waals surface area contributed by atoms with E-state index in [0.29, 0.717) is 11.3 Å². The predicted molar refractivity (Wildman–Crippen MR) is 87.8 cm³/mol. The van der Waals surface area contributed by atoms with Gasteiger partial charge in [0.25, 0.3) is 0 Å². The van der Waals surface area contributed by atoms with E-state index in [2.05, 4.69) is 44.6 Å². The summed E-state index contributed by atoms with van der Waals surface area (Å²) in [5.41, 5.74) is 8.02. The minimum atomic E-state index is 0.505. The van der Waals surface area contributed by atoms with Crippen LogP contribution in [0.3, 0.4) is 0 Å². The SMILES string of the molecule is N#C/C(=C(/N)c1cc(I)ccc1Br)c1cccs1. The zero-order valence-corrected chi connectivity index (χ0v) is 13.7. The molecule has 0 bridgehead atoms. The van der Waals surface area contributed by atoms with Gasteiger partial charge in [0, 0.05) is 18.5 Å². The van der Waals surface area contributed by atoms with Crippen LogP contribution in [0.15, 0.2) is 40.2 Å². The Morgan fingerprint density at radius 2 is 2.17 bits per heavy atom. The van der Waals surface area contributed by atoms with E-state index in [1.165, 1.54) is 11.3 Å². The molecule has 0 saturated carbocycles. The van der Waals surface area contributed by atoms with Gasteiger partial charge in [-0.2, -0.15) is 5.26 Å². The van der Waals surface area contributed by atoms with Crippen LogP contribution in [0.25, 0.3) is 11.3 Å². The summed E-state index contributed by atoms with van der Waals surface area (Å²) in [6, 6.07) is 11.9. The molecule has 0 saturated heterocycles. The molecule has 0 fully saturated rings. The topological polar surface area (TPSA) is 49.8 Å². The van der Waals surface area contributed by atoms with Crippen molar-refractivity contribution in [2.45, 2.75) is 0 Å². The second-order valence-electron chi connectivity index (χ2n) is 3.50. The number of halogens is 2. The van der Waals surface area contributed by atoms with Gasteiger partial charge < -0.3 is 5.73 Å². The number of hydrogen-bond acceptors (Lipinski definition) is 3. The lowest BCUT2D eigenvalue weighted by molar-refractivity contribution is 1.46. The first-order chi connectivity index (χ1) is 8.63. The first-order valence-electron chi connectivity index (χ1n) is 5.02. The first-order valence-corrected chi connectivity index (χ1v) is 7.77. The van der Waals surface area contributed by atoms with Gasteiger partial charge in [-0.15, -0.1) is 11.3 Å². The molecule has 2 N–H and O–H groups in total. The fourth-order valence-corrected chi connectivity index (χ4v) is 3.19. The zero-order chi connectivity index (χ0) is 13.1. The van der Waals surface area contributed by atoms with Crippen LogP contribution in [0, 0.1) is 14.9 Å². The number of hydrogen-bond donors (Lipinski definition) is 1. The summed E-state index contributed by atoms with van der Waals surface area (Å²) in [5, 5.41) is 11.2. The maximum absolute atomic E-state index is 9.29. The summed E-state index contributed by atoms with van der Waals surface area (Å²) < 4.78 is 1.97. The number of nitriles is 1. The second kappa shape index (κ2) is 5.87. The van der Waals surface area contributed by atoms with Gasteiger partial charge >= 0.3 is 0 Å². The van der Waals surface area contributed by atoms with Gasteiger partial charge in [0.1, 0.15) is 6.07 Å². The molecule has 1 aromatic carbocycles. The van der Waals surface area contributed by atoms with Gasteiger partial charge in [0.2, 0.25) is 0 Å². The van der Waals surface area contributed by atoms with Crippen molar-refractivity contribution in [1.29, 1.82) is 5.26 Å². The smallest absolute Gasteiger partial charge is 0.103 e. The van der Waals surface area contributed by atoms with E-state index in [1.807, 2.05) is 35.7 Å². The molecule has 2 aromatic rings. The minimum absolute atomic E-state index is 0.505. The van der Waals surface area contributed by atoms with Gasteiger partial charge in [-0.1, -0.05) is 22.0 Å². The quantitative estimate of drug-likeness (QED) is 0.564. The van der Waals surface area contributed by atoms with Crippen LogP contribution in [0.1, 0.15) is 10.4 Å². The molecule has 2 nitrogen and oxygen atoms in total. The lowest BCUT2D eigenvalue weighted by Crippen LogP contribution is -2.01. The largest absolute Gasteiger partial charge is 0.397 e. The highest BCUT2D eigenvalue weighted by Gasteiger charge is 2.12. The van der Waals surface area contributed by atoms with Crippen LogP contribution < -0.4 is 5.73 Å².